The summed E-state index contributed by atoms with van der Waals surface area (Å²) in [6.45, 7) is 7.95. The Hall–Kier alpha value is -3.72. The van der Waals surface area contributed by atoms with Crippen LogP contribution >= 0.6 is 11.5 Å². The van der Waals surface area contributed by atoms with Crippen molar-refractivity contribution in [2.45, 2.75) is 33.2 Å². The fourth-order valence-corrected chi connectivity index (χ4v) is 4.97. The van der Waals surface area contributed by atoms with Crippen LogP contribution in [0.1, 0.15) is 29.6 Å². The largest absolute Gasteiger partial charge is 0.354 e. The molecule has 1 aliphatic heterocycles. The Balaban J connectivity index is 1.22. The van der Waals surface area contributed by atoms with Gasteiger partial charge >= 0.3 is 6.03 Å². The molecule has 1 saturated heterocycles. The normalized spacial score (nSPS) is 15.9. The third kappa shape index (κ3) is 5.05. The minimum atomic E-state index is -0.155. The molecule has 9 heteroatoms. The van der Waals surface area contributed by atoms with Crippen LogP contribution in [0, 0.1) is 13.8 Å². The molecule has 180 valence electrons. The standard InChI is InChI=1S/C26H28N6O2S/c1-17-9-11-20(12-10-17)15-22-27-26(35-30-22)31-13-14-32(18(2)16-31)25(33)28-23-19(3)29-34-24(23)21-7-5-4-6-8-21/h4-12,18H,13-16H2,1-3H3,(H,28,33). The fourth-order valence-electron chi connectivity index (χ4n) is 4.25. The van der Waals surface area contributed by atoms with Gasteiger partial charge in [0.25, 0.3) is 0 Å². The van der Waals surface area contributed by atoms with Gasteiger partial charge in [-0.2, -0.15) is 4.37 Å². The second-order valence-corrected chi connectivity index (χ2v) is 9.64. The van der Waals surface area contributed by atoms with Gasteiger partial charge in [-0.25, -0.2) is 9.78 Å². The zero-order chi connectivity index (χ0) is 24.4. The number of hydrogen-bond donors (Lipinski definition) is 1. The van der Waals surface area contributed by atoms with E-state index in [1.807, 2.05) is 42.2 Å². The van der Waals surface area contributed by atoms with E-state index < -0.39 is 0 Å². The molecular formula is C26H28N6O2S. The summed E-state index contributed by atoms with van der Waals surface area (Å²) in [5.74, 6) is 1.40. The lowest BCUT2D eigenvalue weighted by Crippen LogP contribution is -2.55. The zero-order valence-corrected chi connectivity index (χ0v) is 20.9. The Morgan fingerprint density at radius 1 is 1.11 bits per heavy atom. The second kappa shape index (κ2) is 9.87. The van der Waals surface area contributed by atoms with Gasteiger partial charge in [0.1, 0.15) is 17.2 Å². The molecule has 2 aromatic heterocycles. The van der Waals surface area contributed by atoms with Gasteiger partial charge in [0.05, 0.1) is 0 Å². The number of aromatic nitrogens is 3. The summed E-state index contributed by atoms with van der Waals surface area (Å²) in [7, 11) is 0. The number of carbonyl (C=O) groups is 1. The molecule has 1 N–H and O–H groups in total. The van der Waals surface area contributed by atoms with E-state index in [1.54, 1.807) is 0 Å². The maximum atomic E-state index is 13.2. The molecule has 0 bridgehead atoms. The molecule has 35 heavy (non-hydrogen) atoms. The number of anilines is 2. The predicted octanol–water partition coefficient (Wildman–Crippen LogP) is 5.14. The van der Waals surface area contributed by atoms with Crippen LogP contribution in [0.3, 0.4) is 0 Å². The number of piperazine rings is 1. The van der Waals surface area contributed by atoms with Crippen molar-refractivity contribution in [3.63, 3.8) is 0 Å². The second-order valence-electron chi connectivity index (χ2n) is 8.91. The molecule has 1 fully saturated rings. The number of rotatable bonds is 5. The topological polar surface area (TPSA) is 87.4 Å². The van der Waals surface area contributed by atoms with Gasteiger partial charge in [-0.05, 0) is 26.3 Å². The molecule has 1 unspecified atom stereocenters. The van der Waals surface area contributed by atoms with Crippen LogP contribution in [0.15, 0.2) is 59.1 Å². The Kier molecular flexibility index (Phi) is 6.50. The molecule has 5 rings (SSSR count). The summed E-state index contributed by atoms with van der Waals surface area (Å²) in [6, 6.07) is 18.0. The van der Waals surface area contributed by atoms with Gasteiger partial charge in [0.15, 0.2) is 5.76 Å². The molecule has 2 aromatic carbocycles. The molecular weight excluding hydrogens is 460 g/mol. The zero-order valence-electron chi connectivity index (χ0n) is 20.1. The minimum Gasteiger partial charge on any atom is -0.354 e. The van der Waals surface area contributed by atoms with E-state index in [4.69, 9.17) is 9.51 Å². The van der Waals surface area contributed by atoms with Gasteiger partial charge in [-0.3, -0.25) is 0 Å². The van der Waals surface area contributed by atoms with Gasteiger partial charge < -0.3 is 19.6 Å². The maximum Gasteiger partial charge on any atom is 0.322 e. The third-order valence-corrected chi connectivity index (χ3v) is 7.04. The predicted molar refractivity (Wildman–Crippen MR) is 138 cm³/mol. The average molecular weight is 489 g/mol. The minimum absolute atomic E-state index is 0.00791. The van der Waals surface area contributed by atoms with E-state index in [0.717, 1.165) is 22.9 Å². The first-order valence-electron chi connectivity index (χ1n) is 11.7. The van der Waals surface area contributed by atoms with Crippen LogP contribution < -0.4 is 10.2 Å². The van der Waals surface area contributed by atoms with Crippen molar-refractivity contribution in [1.82, 2.24) is 19.4 Å². The summed E-state index contributed by atoms with van der Waals surface area (Å²) in [5.41, 5.74) is 4.58. The van der Waals surface area contributed by atoms with Crippen LogP contribution in [0.4, 0.5) is 15.6 Å². The molecule has 8 nitrogen and oxygen atoms in total. The first-order chi connectivity index (χ1) is 17.0. The van der Waals surface area contributed by atoms with Crippen molar-refractivity contribution in [3.8, 4) is 11.3 Å². The Morgan fingerprint density at radius 2 is 1.89 bits per heavy atom. The Labute approximate surface area is 208 Å². The van der Waals surface area contributed by atoms with Crippen LogP contribution in [0.5, 0.6) is 0 Å². The molecule has 1 atom stereocenters. The molecule has 4 aromatic rings. The van der Waals surface area contributed by atoms with Gasteiger partial charge in [-0.15, -0.1) is 0 Å². The van der Waals surface area contributed by atoms with Crippen LogP contribution in [0.25, 0.3) is 11.3 Å². The van der Waals surface area contributed by atoms with Gasteiger partial charge in [0.2, 0.25) is 5.13 Å². The number of amides is 2. The first kappa shape index (κ1) is 23.0. The Morgan fingerprint density at radius 3 is 2.63 bits per heavy atom. The maximum absolute atomic E-state index is 13.2. The summed E-state index contributed by atoms with van der Waals surface area (Å²) in [6.07, 6.45) is 0.719. The molecule has 0 saturated carbocycles. The smallest absolute Gasteiger partial charge is 0.322 e. The molecule has 2 amide bonds. The van der Waals surface area contributed by atoms with E-state index in [-0.39, 0.29) is 12.1 Å². The highest BCUT2D eigenvalue weighted by Gasteiger charge is 2.30. The number of nitrogens with zero attached hydrogens (tertiary/aromatic N) is 5. The fraction of sp³-hybridized carbons (Fsp3) is 0.308. The first-order valence-corrected chi connectivity index (χ1v) is 12.5. The van der Waals surface area contributed by atoms with Crippen molar-refractivity contribution in [2.24, 2.45) is 0 Å². The summed E-state index contributed by atoms with van der Waals surface area (Å²) in [4.78, 5) is 22.0. The monoisotopic (exact) mass is 488 g/mol. The van der Waals surface area contributed by atoms with E-state index in [9.17, 15) is 4.79 Å². The molecule has 0 aliphatic carbocycles. The van der Waals surface area contributed by atoms with Gasteiger partial charge in [0, 0.05) is 49.2 Å². The summed E-state index contributed by atoms with van der Waals surface area (Å²) in [5, 5.41) is 8.01. The van der Waals surface area contributed by atoms with Crippen molar-refractivity contribution in [3.05, 3.63) is 77.2 Å². The lowest BCUT2D eigenvalue weighted by Gasteiger charge is -2.39. The molecule has 1 aliphatic rings. The van der Waals surface area contributed by atoms with Crippen molar-refractivity contribution < 1.29 is 9.32 Å². The number of carbonyl (C=O) groups excluding carboxylic acids is 1. The van der Waals surface area contributed by atoms with Crippen LogP contribution in [-0.2, 0) is 6.42 Å². The van der Waals surface area contributed by atoms with Crippen molar-refractivity contribution >= 4 is 28.4 Å². The number of hydrogen-bond acceptors (Lipinski definition) is 7. The average Bonchev–Trinajstić information content (AvgIpc) is 3.48. The summed E-state index contributed by atoms with van der Waals surface area (Å²) >= 11 is 1.42. The van der Waals surface area contributed by atoms with Crippen molar-refractivity contribution in [1.29, 1.82) is 0 Å². The SMILES string of the molecule is Cc1ccc(Cc2nsc(N3CCN(C(=O)Nc4c(C)noc4-c4ccccc4)C(C)C3)n2)cc1. The number of benzene rings is 2. The number of nitrogens with one attached hydrogen (secondary N) is 1. The van der Waals surface area contributed by atoms with E-state index in [0.29, 0.717) is 36.8 Å². The molecule has 0 spiro atoms. The van der Waals surface area contributed by atoms with Crippen LogP contribution in [0.2, 0.25) is 0 Å². The number of urea groups is 1. The third-order valence-electron chi connectivity index (χ3n) is 6.23. The van der Waals surface area contributed by atoms with E-state index in [1.165, 1.54) is 22.7 Å². The molecule has 3 heterocycles. The van der Waals surface area contributed by atoms with E-state index >= 15 is 0 Å². The highest BCUT2D eigenvalue weighted by molar-refractivity contribution is 7.09. The highest BCUT2D eigenvalue weighted by Crippen LogP contribution is 2.31. The van der Waals surface area contributed by atoms with Crippen molar-refractivity contribution in [2.75, 3.05) is 29.9 Å². The number of aryl methyl sites for hydroxylation is 2. The lowest BCUT2D eigenvalue weighted by atomic mass is 10.1. The summed E-state index contributed by atoms with van der Waals surface area (Å²) < 4.78 is 10.1. The highest BCUT2D eigenvalue weighted by atomic mass is 32.1. The molecule has 0 radical (unpaired) electrons. The van der Waals surface area contributed by atoms with Crippen LogP contribution in [-0.4, -0.2) is 51.1 Å². The Bertz CT molecular complexity index is 1300. The quantitative estimate of drug-likeness (QED) is 0.418. The van der Waals surface area contributed by atoms with Gasteiger partial charge in [-0.1, -0.05) is 65.3 Å². The lowest BCUT2D eigenvalue weighted by molar-refractivity contribution is 0.185. The van der Waals surface area contributed by atoms with E-state index in [2.05, 4.69) is 57.9 Å².